The van der Waals surface area contributed by atoms with Crippen molar-refractivity contribution in [2.75, 3.05) is 19.8 Å². The molecule has 2 N–H and O–H groups in total. The van der Waals surface area contributed by atoms with E-state index in [0.29, 0.717) is 4.47 Å². The Bertz CT molecular complexity index is 570. The van der Waals surface area contributed by atoms with Crippen molar-refractivity contribution in [3.63, 3.8) is 0 Å². The summed E-state index contributed by atoms with van der Waals surface area (Å²) < 4.78 is 33.7. The predicted octanol–water partition coefficient (Wildman–Crippen LogP) is 2.05. The number of rotatable bonds is 7. The second-order valence-corrected chi connectivity index (χ2v) is 7.81. The Morgan fingerprint density at radius 2 is 1.95 bits per heavy atom. The molecule has 0 radical (unpaired) electrons. The van der Waals surface area contributed by atoms with Crippen LogP contribution in [0.4, 0.5) is 0 Å². The van der Waals surface area contributed by atoms with Gasteiger partial charge in [-0.3, -0.25) is 0 Å². The fourth-order valence-corrected chi connectivity index (χ4v) is 4.74. The van der Waals surface area contributed by atoms with Crippen LogP contribution < -0.4 is 4.72 Å². The quantitative estimate of drug-likeness (QED) is 0.762. The standard InChI is InChI=1S/C14H20BrNO4S/c15-12-5-1-2-6-13(12)21(18,19)16-11-14(20-10-9-17)7-3-4-8-14/h1-2,5-6,16-17H,3-4,7-11H2. The van der Waals surface area contributed by atoms with Gasteiger partial charge in [0, 0.05) is 11.0 Å². The first-order valence-electron chi connectivity index (χ1n) is 6.98. The van der Waals surface area contributed by atoms with Crippen LogP contribution in [0.3, 0.4) is 0 Å². The topological polar surface area (TPSA) is 75.6 Å². The SMILES string of the molecule is O=S(=O)(NCC1(OCCO)CCCC1)c1ccccc1Br. The third-order valence-electron chi connectivity index (χ3n) is 3.72. The molecular weight excluding hydrogens is 358 g/mol. The number of aliphatic hydroxyl groups excluding tert-OH is 1. The molecule has 5 nitrogen and oxygen atoms in total. The highest BCUT2D eigenvalue weighted by atomic mass is 79.9. The average Bonchev–Trinajstić information content (AvgIpc) is 2.93. The van der Waals surface area contributed by atoms with Gasteiger partial charge in [-0.05, 0) is 40.9 Å². The lowest BCUT2D eigenvalue weighted by atomic mass is 10.0. The molecule has 21 heavy (non-hydrogen) atoms. The van der Waals surface area contributed by atoms with E-state index < -0.39 is 15.6 Å². The van der Waals surface area contributed by atoms with E-state index >= 15 is 0 Å². The van der Waals surface area contributed by atoms with Gasteiger partial charge in [-0.25, -0.2) is 13.1 Å². The number of hydrogen-bond acceptors (Lipinski definition) is 4. The molecule has 0 unspecified atom stereocenters. The van der Waals surface area contributed by atoms with Crippen molar-refractivity contribution in [3.05, 3.63) is 28.7 Å². The van der Waals surface area contributed by atoms with Gasteiger partial charge in [-0.2, -0.15) is 0 Å². The van der Waals surface area contributed by atoms with Crippen molar-refractivity contribution < 1.29 is 18.3 Å². The number of benzene rings is 1. The van der Waals surface area contributed by atoms with E-state index in [0.717, 1.165) is 25.7 Å². The summed E-state index contributed by atoms with van der Waals surface area (Å²) in [4.78, 5) is 0.223. The van der Waals surface area contributed by atoms with E-state index in [1.54, 1.807) is 24.3 Å². The van der Waals surface area contributed by atoms with Crippen molar-refractivity contribution >= 4 is 26.0 Å². The maximum atomic E-state index is 12.4. The molecule has 0 atom stereocenters. The van der Waals surface area contributed by atoms with Gasteiger partial charge >= 0.3 is 0 Å². The lowest BCUT2D eigenvalue weighted by molar-refractivity contribution is -0.0492. The van der Waals surface area contributed by atoms with Crippen LogP contribution in [0.5, 0.6) is 0 Å². The van der Waals surface area contributed by atoms with E-state index in [4.69, 9.17) is 9.84 Å². The first-order valence-corrected chi connectivity index (χ1v) is 9.26. The number of halogens is 1. The summed E-state index contributed by atoms with van der Waals surface area (Å²) in [7, 11) is -3.58. The third kappa shape index (κ3) is 4.26. The molecule has 1 saturated carbocycles. The monoisotopic (exact) mass is 377 g/mol. The normalized spacial score (nSPS) is 18.0. The van der Waals surface area contributed by atoms with Crippen molar-refractivity contribution in [1.29, 1.82) is 0 Å². The summed E-state index contributed by atoms with van der Waals surface area (Å²) in [6.07, 6.45) is 3.65. The van der Waals surface area contributed by atoms with Gasteiger partial charge in [0.05, 0.1) is 23.7 Å². The fraction of sp³-hybridized carbons (Fsp3) is 0.571. The maximum Gasteiger partial charge on any atom is 0.241 e. The van der Waals surface area contributed by atoms with Crippen molar-refractivity contribution in [2.24, 2.45) is 0 Å². The summed E-state index contributed by atoms with van der Waals surface area (Å²) in [5, 5.41) is 8.91. The molecule has 0 aromatic heterocycles. The number of nitrogens with one attached hydrogen (secondary N) is 1. The van der Waals surface area contributed by atoms with Crippen molar-refractivity contribution in [1.82, 2.24) is 4.72 Å². The van der Waals surface area contributed by atoms with Crippen molar-refractivity contribution in [3.8, 4) is 0 Å². The molecule has 0 heterocycles. The molecule has 7 heteroatoms. The second-order valence-electron chi connectivity index (χ2n) is 5.22. The summed E-state index contributed by atoms with van der Waals surface area (Å²) in [6, 6.07) is 6.71. The molecular formula is C14H20BrNO4S. The zero-order valence-electron chi connectivity index (χ0n) is 11.7. The van der Waals surface area contributed by atoms with E-state index in [9.17, 15) is 8.42 Å². The summed E-state index contributed by atoms with van der Waals surface area (Å²) in [5.41, 5.74) is -0.489. The van der Waals surface area contributed by atoms with Crippen LogP contribution in [0.2, 0.25) is 0 Å². The van der Waals surface area contributed by atoms with Gasteiger partial charge in [-0.1, -0.05) is 25.0 Å². The molecule has 1 aliphatic rings. The molecule has 1 aromatic carbocycles. The predicted molar refractivity (Wildman–Crippen MR) is 83.6 cm³/mol. The molecule has 0 bridgehead atoms. The highest BCUT2D eigenvalue weighted by molar-refractivity contribution is 9.10. The first kappa shape index (κ1) is 16.9. The number of aliphatic hydroxyl groups is 1. The fourth-order valence-electron chi connectivity index (χ4n) is 2.62. The first-order chi connectivity index (χ1) is 9.99. The molecule has 0 saturated heterocycles. The van der Waals surface area contributed by atoms with Crippen LogP contribution in [-0.4, -0.2) is 38.9 Å². The van der Waals surface area contributed by atoms with Gasteiger partial charge < -0.3 is 9.84 Å². The Morgan fingerprint density at radius 3 is 2.57 bits per heavy atom. The lowest BCUT2D eigenvalue weighted by Gasteiger charge is -2.29. The Labute approximate surface area is 133 Å². The minimum absolute atomic E-state index is 0.0568. The average molecular weight is 378 g/mol. The van der Waals surface area contributed by atoms with Crippen molar-refractivity contribution in [2.45, 2.75) is 36.2 Å². The number of sulfonamides is 1. The zero-order chi connectivity index (χ0) is 15.3. The smallest absolute Gasteiger partial charge is 0.241 e. The molecule has 0 spiro atoms. The summed E-state index contributed by atoms with van der Waals surface area (Å²) >= 11 is 3.26. The van der Waals surface area contributed by atoms with Gasteiger partial charge in [0.1, 0.15) is 0 Å². The highest BCUT2D eigenvalue weighted by Gasteiger charge is 2.36. The minimum atomic E-state index is -3.58. The molecule has 1 aromatic rings. The molecule has 1 aliphatic carbocycles. The number of ether oxygens (including phenoxy) is 1. The van der Waals surface area contributed by atoms with Crippen LogP contribution >= 0.6 is 15.9 Å². The molecule has 1 fully saturated rings. The molecule has 2 rings (SSSR count). The van der Waals surface area contributed by atoms with E-state index in [-0.39, 0.29) is 24.7 Å². The van der Waals surface area contributed by atoms with Gasteiger partial charge in [0.25, 0.3) is 0 Å². The molecule has 0 amide bonds. The van der Waals surface area contributed by atoms with E-state index in [1.165, 1.54) is 0 Å². The Balaban J connectivity index is 2.08. The maximum absolute atomic E-state index is 12.4. The molecule has 118 valence electrons. The third-order valence-corrected chi connectivity index (χ3v) is 6.14. The zero-order valence-corrected chi connectivity index (χ0v) is 14.1. The number of hydrogen-bond donors (Lipinski definition) is 2. The Kier molecular flexibility index (Phi) is 5.79. The summed E-state index contributed by atoms with van der Waals surface area (Å²) in [5.74, 6) is 0. The lowest BCUT2D eigenvalue weighted by Crippen LogP contribution is -2.43. The van der Waals surface area contributed by atoms with Crippen LogP contribution in [-0.2, 0) is 14.8 Å². The van der Waals surface area contributed by atoms with Crippen LogP contribution in [0.15, 0.2) is 33.6 Å². The van der Waals surface area contributed by atoms with E-state index in [2.05, 4.69) is 20.7 Å². The highest BCUT2D eigenvalue weighted by Crippen LogP contribution is 2.33. The van der Waals surface area contributed by atoms with Gasteiger partial charge in [0.15, 0.2) is 0 Å². The van der Waals surface area contributed by atoms with Crippen LogP contribution in [0.25, 0.3) is 0 Å². The largest absolute Gasteiger partial charge is 0.394 e. The van der Waals surface area contributed by atoms with Crippen LogP contribution in [0.1, 0.15) is 25.7 Å². The minimum Gasteiger partial charge on any atom is -0.394 e. The molecule has 0 aliphatic heterocycles. The van der Waals surface area contributed by atoms with Gasteiger partial charge in [-0.15, -0.1) is 0 Å². The Morgan fingerprint density at radius 1 is 1.29 bits per heavy atom. The van der Waals surface area contributed by atoms with E-state index in [1.807, 2.05) is 0 Å². The summed E-state index contributed by atoms with van der Waals surface area (Å²) in [6.45, 7) is 0.409. The Hall–Kier alpha value is -0.470. The van der Waals surface area contributed by atoms with Crippen LogP contribution in [0, 0.1) is 0 Å². The van der Waals surface area contributed by atoms with Gasteiger partial charge in [0.2, 0.25) is 10.0 Å². The second kappa shape index (κ2) is 7.19.